The lowest BCUT2D eigenvalue weighted by Gasteiger charge is -2.32. The van der Waals surface area contributed by atoms with E-state index in [0.717, 1.165) is 27.8 Å². The SMILES string of the molecule is CNC(c1cc(OC)c(Br)cc1OC)C1CC2CCC1C2. The predicted molar refractivity (Wildman–Crippen MR) is 88.0 cm³/mol. The Kier molecular flexibility index (Phi) is 4.46. The molecule has 2 fully saturated rings. The van der Waals surface area contributed by atoms with Crippen LogP contribution in [0.1, 0.15) is 37.3 Å². The Hall–Kier alpha value is -0.740. The Morgan fingerprint density at radius 1 is 1.14 bits per heavy atom. The summed E-state index contributed by atoms with van der Waals surface area (Å²) in [6.45, 7) is 0. The Morgan fingerprint density at radius 3 is 2.43 bits per heavy atom. The molecule has 0 heterocycles. The molecule has 0 amide bonds. The van der Waals surface area contributed by atoms with Crippen molar-refractivity contribution >= 4 is 15.9 Å². The molecule has 2 aliphatic rings. The summed E-state index contributed by atoms with van der Waals surface area (Å²) in [6.07, 6.45) is 5.58. The summed E-state index contributed by atoms with van der Waals surface area (Å²) in [7, 11) is 5.51. The number of nitrogens with one attached hydrogen (secondary N) is 1. The minimum atomic E-state index is 0.345. The summed E-state index contributed by atoms with van der Waals surface area (Å²) in [5, 5.41) is 3.54. The molecule has 3 rings (SSSR count). The molecule has 4 unspecified atom stereocenters. The number of hydrogen-bond donors (Lipinski definition) is 1. The van der Waals surface area contributed by atoms with Crippen molar-refractivity contribution in [3.05, 3.63) is 22.2 Å². The van der Waals surface area contributed by atoms with Gasteiger partial charge in [0.05, 0.1) is 18.7 Å². The molecule has 0 radical (unpaired) electrons. The molecule has 1 aromatic rings. The fourth-order valence-electron chi connectivity index (χ4n) is 4.43. The second-order valence-corrected chi connectivity index (χ2v) is 7.19. The van der Waals surface area contributed by atoms with E-state index in [4.69, 9.17) is 9.47 Å². The number of hydrogen-bond acceptors (Lipinski definition) is 3. The fourth-order valence-corrected chi connectivity index (χ4v) is 4.91. The molecule has 2 saturated carbocycles. The molecule has 116 valence electrons. The number of benzene rings is 1. The van der Waals surface area contributed by atoms with E-state index in [1.54, 1.807) is 14.2 Å². The van der Waals surface area contributed by atoms with Gasteiger partial charge < -0.3 is 14.8 Å². The van der Waals surface area contributed by atoms with Gasteiger partial charge in [0.2, 0.25) is 0 Å². The van der Waals surface area contributed by atoms with Gasteiger partial charge in [-0.1, -0.05) is 6.42 Å². The summed E-state index contributed by atoms with van der Waals surface area (Å²) in [4.78, 5) is 0. The Balaban J connectivity index is 1.96. The third kappa shape index (κ3) is 2.68. The smallest absolute Gasteiger partial charge is 0.133 e. The summed E-state index contributed by atoms with van der Waals surface area (Å²) in [5.74, 6) is 4.33. The van der Waals surface area contributed by atoms with Gasteiger partial charge in [0.1, 0.15) is 11.5 Å². The highest BCUT2D eigenvalue weighted by Gasteiger charge is 2.43. The minimum Gasteiger partial charge on any atom is -0.496 e. The van der Waals surface area contributed by atoms with Crippen LogP contribution in [-0.4, -0.2) is 21.3 Å². The first-order chi connectivity index (χ1) is 10.2. The Morgan fingerprint density at radius 2 is 1.90 bits per heavy atom. The van der Waals surface area contributed by atoms with Crippen molar-refractivity contribution < 1.29 is 9.47 Å². The summed E-state index contributed by atoms with van der Waals surface area (Å²) in [6, 6.07) is 4.49. The van der Waals surface area contributed by atoms with E-state index >= 15 is 0 Å². The van der Waals surface area contributed by atoms with Gasteiger partial charge in [0, 0.05) is 11.6 Å². The highest BCUT2D eigenvalue weighted by Crippen LogP contribution is 2.53. The molecule has 4 heteroatoms. The van der Waals surface area contributed by atoms with E-state index < -0.39 is 0 Å². The number of fused-ring (bicyclic) bond motifs is 2. The molecule has 0 saturated heterocycles. The van der Waals surface area contributed by atoms with Crippen LogP contribution in [0.3, 0.4) is 0 Å². The van der Waals surface area contributed by atoms with Gasteiger partial charge >= 0.3 is 0 Å². The molecular formula is C17H24BrNO2. The average Bonchev–Trinajstić information content (AvgIpc) is 3.12. The molecule has 0 aliphatic heterocycles. The Bertz CT molecular complexity index is 520. The van der Waals surface area contributed by atoms with Crippen LogP contribution in [0.25, 0.3) is 0 Å². The fraction of sp³-hybridized carbons (Fsp3) is 0.647. The molecule has 4 atom stereocenters. The lowest BCUT2D eigenvalue weighted by Crippen LogP contribution is -2.29. The van der Waals surface area contributed by atoms with Crippen LogP contribution in [-0.2, 0) is 0 Å². The molecule has 1 N–H and O–H groups in total. The summed E-state index contributed by atoms with van der Waals surface area (Å²) in [5.41, 5.74) is 1.22. The maximum absolute atomic E-state index is 5.62. The number of methoxy groups -OCH3 is 2. The van der Waals surface area contributed by atoms with Crippen LogP contribution in [0.15, 0.2) is 16.6 Å². The van der Waals surface area contributed by atoms with Crippen LogP contribution in [0.4, 0.5) is 0 Å². The van der Waals surface area contributed by atoms with Gasteiger partial charge in [-0.3, -0.25) is 0 Å². The average molecular weight is 354 g/mol. The van der Waals surface area contributed by atoms with Gasteiger partial charge in [-0.2, -0.15) is 0 Å². The first-order valence-electron chi connectivity index (χ1n) is 7.76. The van der Waals surface area contributed by atoms with Crippen molar-refractivity contribution in [1.29, 1.82) is 0 Å². The Labute approximate surface area is 135 Å². The first kappa shape index (κ1) is 15.2. The monoisotopic (exact) mass is 353 g/mol. The van der Waals surface area contributed by atoms with Crippen molar-refractivity contribution in [2.24, 2.45) is 17.8 Å². The van der Waals surface area contributed by atoms with Crippen LogP contribution >= 0.6 is 15.9 Å². The topological polar surface area (TPSA) is 30.5 Å². The molecule has 1 aromatic carbocycles. The maximum atomic E-state index is 5.62. The predicted octanol–water partition coefficient (Wildman–Crippen LogP) is 4.16. The third-order valence-electron chi connectivity index (χ3n) is 5.37. The molecular weight excluding hydrogens is 330 g/mol. The quantitative estimate of drug-likeness (QED) is 0.861. The minimum absolute atomic E-state index is 0.345. The first-order valence-corrected chi connectivity index (χ1v) is 8.55. The van der Waals surface area contributed by atoms with Crippen LogP contribution in [0.2, 0.25) is 0 Å². The second kappa shape index (κ2) is 6.17. The normalized spacial score (nSPS) is 28.7. The number of halogens is 1. The van der Waals surface area contributed by atoms with E-state index in [2.05, 4.69) is 34.4 Å². The third-order valence-corrected chi connectivity index (χ3v) is 5.99. The van der Waals surface area contributed by atoms with E-state index in [1.165, 1.54) is 31.2 Å². The van der Waals surface area contributed by atoms with E-state index in [-0.39, 0.29) is 0 Å². The van der Waals surface area contributed by atoms with Crippen molar-refractivity contribution in [3.8, 4) is 11.5 Å². The van der Waals surface area contributed by atoms with Gasteiger partial charge in [0.15, 0.2) is 0 Å². The highest BCUT2D eigenvalue weighted by atomic mass is 79.9. The maximum Gasteiger partial charge on any atom is 0.133 e. The largest absolute Gasteiger partial charge is 0.496 e. The molecule has 0 aromatic heterocycles. The summed E-state index contributed by atoms with van der Waals surface area (Å²) >= 11 is 3.54. The summed E-state index contributed by atoms with van der Waals surface area (Å²) < 4.78 is 12.0. The van der Waals surface area contributed by atoms with Crippen molar-refractivity contribution in [3.63, 3.8) is 0 Å². The van der Waals surface area contributed by atoms with E-state index in [1.807, 2.05) is 6.07 Å². The van der Waals surface area contributed by atoms with Crippen molar-refractivity contribution in [2.75, 3.05) is 21.3 Å². The van der Waals surface area contributed by atoms with Crippen molar-refractivity contribution in [2.45, 2.75) is 31.7 Å². The van der Waals surface area contributed by atoms with Crippen LogP contribution < -0.4 is 14.8 Å². The lowest BCUT2D eigenvalue weighted by atomic mass is 9.80. The molecule has 0 spiro atoms. The van der Waals surface area contributed by atoms with Crippen molar-refractivity contribution in [1.82, 2.24) is 5.32 Å². The van der Waals surface area contributed by atoms with E-state index in [0.29, 0.717) is 12.0 Å². The standard InChI is InChI=1S/C17H24BrNO2/c1-19-17(12-7-10-4-5-11(12)6-10)13-8-16(21-3)14(18)9-15(13)20-2/h8-12,17,19H,4-7H2,1-3H3. The van der Waals surface area contributed by atoms with Gasteiger partial charge in [-0.25, -0.2) is 0 Å². The van der Waals surface area contributed by atoms with Crippen LogP contribution in [0.5, 0.6) is 11.5 Å². The van der Waals surface area contributed by atoms with Crippen LogP contribution in [0, 0.1) is 17.8 Å². The zero-order valence-corrected chi connectivity index (χ0v) is 14.6. The zero-order valence-electron chi connectivity index (χ0n) is 13.0. The van der Waals surface area contributed by atoms with Gasteiger partial charge in [-0.15, -0.1) is 0 Å². The highest BCUT2D eigenvalue weighted by molar-refractivity contribution is 9.10. The molecule has 21 heavy (non-hydrogen) atoms. The molecule has 3 nitrogen and oxygen atoms in total. The lowest BCUT2D eigenvalue weighted by molar-refractivity contribution is 0.254. The number of ether oxygens (including phenoxy) is 2. The molecule has 2 aliphatic carbocycles. The van der Waals surface area contributed by atoms with Gasteiger partial charge in [-0.05, 0) is 72.1 Å². The second-order valence-electron chi connectivity index (χ2n) is 6.33. The zero-order chi connectivity index (χ0) is 15.0. The molecule has 2 bridgehead atoms. The number of rotatable bonds is 5. The van der Waals surface area contributed by atoms with Gasteiger partial charge in [0.25, 0.3) is 0 Å². The van der Waals surface area contributed by atoms with E-state index in [9.17, 15) is 0 Å².